The number of primary amides is 1. The van der Waals surface area contributed by atoms with E-state index in [0.29, 0.717) is 0 Å². The van der Waals surface area contributed by atoms with Crippen LogP contribution in [-0.4, -0.2) is 5.91 Å². The molecule has 15 heavy (non-hydrogen) atoms. The van der Waals surface area contributed by atoms with Crippen molar-refractivity contribution in [2.45, 2.75) is 47.5 Å². The van der Waals surface area contributed by atoms with E-state index < -0.39 is 0 Å². The van der Waals surface area contributed by atoms with Gasteiger partial charge in [-0.05, 0) is 54.8 Å². The highest BCUT2D eigenvalue weighted by molar-refractivity contribution is 5.70. The van der Waals surface area contributed by atoms with Crippen molar-refractivity contribution < 1.29 is 4.79 Å². The summed E-state index contributed by atoms with van der Waals surface area (Å²) in [6, 6.07) is 0. The molecule has 5 aliphatic rings. The third-order valence-electron chi connectivity index (χ3n) is 4.20. The highest BCUT2D eigenvalue weighted by atomic mass is 16.1. The summed E-state index contributed by atoms with van der Waals surface area (Å²) in [7, 11) is 0. The van der Waals surface area contributed by atoms with E-state index in [-0.39, 0.29) is 20.8 Å². The molecule has 0 bridgehead atoms. The molecule has 2 atom stereocenters. The molecule has 0 aromatic heterocycles. The Labute approximate surface area is 93.6 Å². The smallest absolute Gasteiger partial charge is 0.214 e. The number of hydrogen-bond acceptors (Lipinski definition) is 1. The van der Waals surface area contributed by atoms with Crippen molar-refractivity contribution in [3.63, 3.8) is 0 Å². The Bertz CT molecular complexity index is 244. The second-order valence-corrected chi connectivity index (χ2v) is 5.46. The van der Waals surface area contributed by atoms with Crippen LogP contribution in [0.4, 0.5) is 0 Å². The number of nitrogens with two attached hydrogens (primary N) is 1. The van der Waals surface area contributed by atoms with Crippen LogP contribution in [0.15, 0.2) is 0 Å². The molecule has 2 heteroatoms. The van der Waals surface area contributed by atoms with Crippen LogP contribution in [0.3, 0.4) is 0 Å². The Kier molecular flexibility index (Phi) is 2.92. The molecule has 5 aliphatic carbocycles. The summed E-state index contributed by atoms with van der Waals surface area (Å²) in [5, 5.41) is 0. The van der Waals surface area contributed by atoms with E-state index in [4.69, 9.17) is 0 Å². The van der Waals surface area contributed by atoms with Gasteiger partial charge in [-0.1, -0.05) is 14.9 Å². The Morgan fingerprint density at radius 3 is 1.33 bits per heavy atom. The van der Waals surface area contributed by atoms with Crippen molar-refractivity contribution in [1.82, 2.24) is 0 Å². The van der Waals surface area contributed by atoms with Gasteiger partial charge in [0.25, 0.3) is 0 Å². The standard InChI is InChI=1S/C5H6.C4H6.C2H5NO.2CH4/c1-3-4-2-5(1,3)4;1-3-2-4(1)3;1-2(3)4;;/h3-4H,1-2H2;3-4H,1-2H2;1H3,(H2,3,4);2*1H4. The number of amides is 1. The zero-order chi connectivity index (χ0) is 9.22. The van der Waals surface area contributed by atoms with E-state index in [1.165, 1.54) is 30.6 Å². The highest BCUT2D eigenvalue weighted by Crippen LogP contribution is 2.97. The molecular weight excluding hydrogens is 186 g/mol. The minimum Gasteiger partial charge on any atom is -0.370 e. The first-order chi connectivity index (χ1) is 6.13. The lowest BCUT2D eigenvalue weighted by molar-refractivity contribution is -0.115. The maximum Gasteiger partial charge on any atom is 0.214 e. The number of fused-ring (bicyclic) bond motifs is 2. The molecule has 1 amide bonds. The number of rotatable bonds is 0. The summed E-state index contributed by atoms with van der Waals surface area (Å²) in [5.74, 6) is 4.75. The van der Waals surface area contributed by atoms with Gasteiger partial charge in [-0.3, -0.25) is 4.79 Å². The van der Waals surface area contributed by atoms with Crippen LogP contribution in [0, 0.1) is 29.1 Å². The van der Waals surface area contributed by atoms with E-state index in [0.717, 1.165) is 5.41 Å². The Balaban J connectivity index is 0.000000107. The van der Waals surface area contributed by atoms with E-state index in [1.807, 2.05) is 0 Å². The first kappa shape index (κ1) is 12.5. The third kappa shape index (κ3) is 2.35. The monoisotopic (exact) mass is 211 g/mol. The van der Waals surface area contributed by atoms with Crippen LogP contribution < -0.4 is 5.73 Å². The van der Waals surface area contributed by atoms with Gasteiger partial charge in [0, 0.05) is 6.92 Å². The maximum absolute atomic E-state index is 9.22. The summed E-state index contributed by atoms with van der Waals surface area (Å²) in [6.07, 6.45) is 6.41. The van der Waals surface area contributed by atoms with Crippen molar-refractivity contribution in [2.24, 2.45) is 34.8 Å². The topological polar surface area (TPSA) is 43.1 Å². The normalized spacial score (nSPS) is 49.7. The van der Waals surface area contributed by atoms with Crippen LogP contribution in [-0.2, 0) is 4.79 Å². The molecule has 0 aliphatic heterocycles. The van der Waals surface area contributed by atoms with E-state index in [1.54, 1.807) is 25.7 Å². The number of carbonyl (C=O) groups is 1. The largest absolute Gasteiger partial charge is 0.370 e. The molecule has 0 aromatic rings. The summed E-state index contributed by atoms with van der Waals surface area (Å²) >= 11 is 0. The third-order valence-corrected chi connectivity index (χ3v) is 4.20. The second-order valence-electron chi connectivity index (χ2n) is 5.46. The summed E-state index contributed by atoms with van der Waals surface area (Å²) < 4.78 is 0. The van der Waals surface area contributed by atoms with Gasteiger partial charge in [0.2, 0.25) is 5.91 Å². The van der Waals surface area contributed by atoms with Gasteiger partial charge in [0.1, 0.15) is 0 Å². The first-order valence-corrected chi connectivity index (χ1v) is 5.39. The summed E-state index contributed by atoms with van der Waals surface area (Å²) in [4.78, 5) is 9.22. The van der Waals surface area contributed by atoms with Gasteiger partial charge in [-0.2, -0.15) is 0 Å². The summed E-state index contributed by atoms with van der Waals surface area (Å²) in [6.45, 7) is 1.31. The predicted molar refractivity (Wildman–Crippen MR) is 63.2 cm³/mol. The van der Waals surface area contributed by atoms with Gasteiger partial charge in [0.05, 0.1) is 0 Å². The lowest BCUT2D eigenvalue weighted by atomic mass is 10.4. The number of carbonyl (C=O) groups excluding carboxylic acids is 1. The zero-order valence-corrected chi connectivity index (χ0v) is 8.12. The molecule has 0 heterocycles. The maximum atomic E-state index is 9.22. The van der Waals surface area contributed by atoms with E-state index >= 15 is 0 Å². The van der Waals surface area contributed by atoms with Gasteiger partial charge in [-0.25, -0.2) is 0 Å². The van der Waals surface area contributed by atoms with Gasteiger partial charge in [0.15, 0.2) is 0 Å². The molecule has 5 fully saturated rings. The van der Waals surface area contributed by atoms with Crippen LogP contribution >= 0.6 is 0 Å². The zero-order valence-electron chi connectivity index (χ0n) is 8.12. The highest BCUT2D eigenvalue weighted by Gasteiger charge is 2.90. The fourth-order valence-corrected chi connectivity index (χ4v) is 2.27. The Hall–Kier alpha value is -0.530. The molecule has 0 radical (unpaired) electrons. The molecule has 5 saturated carbocycles. The van der Waals surface area contributed by atoms with Crippen LogP contribution in [0.2, 0.25) is 0 Å². The van der Waals surface area contributed by atoms with Gasteiger partial charge < -0.3 is 5.73 Å². The average molecular weight is 211 g/mol. The van der Waals surface area contributed by atoms with Crippen LogP contribution in [0.25, 0.3) is 0 Å². The molecule has 5 rings (SSSR count). The lowest BCUT2D eigenvalue weighted by Gasteiger charge is -1.65. The molecule has 2 N–H and O–H groups in total. The fourth-order valence-electron chi connectivity index (χ4n) is 2.27. The fraction of sp³-hybridized carbons (Fsp3) is 0.923. The molecule has 88 valence electrons. The summed E-state index contributed by atoms with van der Waals surface area (Å²) in [5.41, 5.74) is 5.56. The van der Waals surface area contributed by atoms with Crippen molar-refractivity contribution in [1.29, 1.82) is 0 Å². The van der Waals surface area contributed by atoms with Crippen molar-refractivity contribution in [2.75, 3.05) is 0 Å². The van der Waals surface area contributed by atoms with E-state index in [2.05, 4.69) is 5.73 Å². The quantitative estimate of drug-likeness (QED) is 0.658. The molecule has 0 aromatic carbocycles. The first-order valence-electron chi connectivity index (χ1n) is 5.39. The predicted octanol–water partition coefficient (Wildman–Crippen LogP) is 2.82. The van der Waals surface area contributed by atoms with Crippen LogP contribution in [0.5, 0.6) is 0 Å². The molecule has 1 spiro atoms. The van der Waals surface area contributed by atoms with Crippen LogP contribution in [0.1, 0.15) is 47.5 Å². The minimum absolute atomic E-state index is 0. The van der Waals surface area contributed by atoms with Crippen molar-refractivity contribution in [3.8, 4) is 0 Å². The van der Waals surface area contributed by atoms with Crippen molar-refractivity contribution in [3.05, 3.63) is 0 Å². The second kappa shape index (κ2) is 3.50. The molecular formula is C13H25NO. The SMILES string of the molecule is C.C.C1C2C3CC123.C1C2CC12.CC(N)=O. The average Bonchev–Trinajstić information content (AvgIpc) is 2.73. The molecule has 0 saturated heterocycles. The lowest BCUT2D eigenvalue weighted by Crippen LogP contribution is -2.01. The Morgan fingerprint density at radius 1 is 1.13 bits per heavy atom. The Morgan fingerprint density at radius 2 is 1.33 bits per heavy atom. The van der Waals surface area contributed by atoms with Gasteiger partial charge in [-0.15, -0.1) is 0 Å². The minimum atomic E-state index is -0.333. The molecule has 2 nitrogen and oxygen atoms in total. The number of hydrogen-bond donors (Lipinski definition) is 1. The van der Waals surface area contributed by atoms with E-state index in [9.17, 15) is 4.79 Å². The van der Waals surface area contributed by atoms with Crippen molar-refractivity contribution >= 4 is 5.91 Å². The van der Waals surface area contributed by atoms with Gasteiger partial charge >= 0.3 is 0 Å². The molecule has 2 unspecified atom stereocenters.